The Labute approximate surface area is 174 Å². The van der Waals surface area contributed by atoms with Gasteiger partial charge in [-0.1, -0.05) is 56.3 Å². The van der Waals surface area contributed by atoms with Gasteiger partial charge in [-0.3, -0.25) is 9.69 Å². The van der Waals surface area contributed by atoms with Crippen molar-refractivity contribution in [2.45, 2.75) is 57.1 Å². The van der Waals surface area contributed by atoms with Crippen molar-refractivity contribution in [1.82, 2.24) is 9.62 Å². The molecule has 0 aromatic heterocycles. The Morgan fingerprint density at radius 1 is 1.03 bits per heavy atom. The molecular formula is C23H30N2O3S. The van der Waals surface area contributed by atoms with Gasteiger partial charge in [-0.2, -0.15) is 4.72 Å². The normalized spacial score (nSPS) is 16.2. The number of ketones is 1. The first-order valence-corrected chi connectivity index (χ1v) is 11.8. The summed E-state index contributed by atoms with van der Waals surface area (Å²) in [6, 6.07) is 16.4. The van der Waals surface area contributed by atoms with Crippen LogP contribution >= 0.6 is 0 Å². The minimum atomic E-state index is -3.79. The number of sulfonamides is 1. The predicted octanol–water partition coefficient (Wildman–Crippen LogP) is 3.74. The fourth-order valence-electron chi connectivity index (χ4n) is 3.67. The Kier molecular flexibility index (Phi) is 7.22. The Hall–Kier alpha value is -2.02. The van der Waals surface area contributed by atoms with E-state index in [0.29, 0.717) is 25.4 Å². The molecule has 1 unspecified atom stereocenters. The Morgan fingerprint density at radius 3 is 2.38 bits per heavy atom. The van der Waals surface area contributed by atoms with E-state index in [9.17, 15) is 13.2 Å². The van der Waals surface area contributed by atoms with Gasteiger partial charge < -0.3 is 0 Å². The third-order valence-corrected chi connectivity index (χ3v) is 6.77. The van der Waals surface area contributed by atoms with Gasteiger partial charge >= 0.3 is 0 Å². The molecule has 0 spiro atoms. The fraction of sp³-hybridized carbons (Fsp3) is 0.435. The summed E-state index contributed by atoms with van der Waals surface area (Å²) >= 11 is 0. The smallest absolute Gasteiger partial charge is 0.242 e. The number of fused-ring (bicyclic) bond motifs is 1. The van der Waals surface area contributed by atoms with Gasteiger partial charge in [0.05, 0.1) is 4.90 Å². The monoisotopic (exact) mass is 414 g/mol. The van der Waals surface area contributed by atoms with E-state index in [4.69, 9.17) is 0 Å². The Morgan fingerprint density at radius 2 is 1.69 bits per heavy atom. The third kappa shape index (κ3) is 5.75. The molecule has 0 bridgehead atoms. The molecule has 1 heterocycles. The maximum absolute atomic E-state index is 13.1. The predicted molar refractivity (Wildman–Crippen MR) is 115 cm³/mol. The van der Waals surface area contributed by atoms with Crippen molar-refractivity contribution in [1.29, 1.82) is 0 Å². The quantitative estimate of drug-likeness (QED) is 0.714. The number of benzene rings is 2. The lowest BCUT2D eigenvalue weighted by Gasteiger charge is -2.30. The van der Waals surface area contributed by atoms with Crippen molar-refractivity contribution in [3.8, 4) is 0 Å². The van der Waals surface area contributed by atoms with Crippen molar-refractivity contribution in [3.05, 3.63) is 65.7 Å². The second kappa shape index (κ2) is 9.65. The number of hydrogen-bond acceptors (Lipinski definition) is 4. The SMILES string of the molecule is CC(C)CCC(=O)C(NS(=O)(=O)c1ccccc1)N1CCCc2ccccc2C1. The summed E-state index contributed by atoms with van der Waals surface area (Å²) in [6.45, 7) is 5.37. The van der Waals surface area contributed by atoms with Crippen LogP contribution in [0.2, 0.25) is 0 Å². The minimum Gasteiger partial charge on any atom is -0.296 e. The molecule has 2 aromatic carbocycles. The maximum atomic E-state index is 13.1. The second-order valence-electron chi connectivity index (χ2n) is 8.08. The van der Waals surface area contributed by atoms with Gasteiger partial charge in [0.2, 0.25) is 10.0 Å². The van der Waals surface area contributed by atoms with E-state index < -0.39 is 16.2 Å². The zero-order valence-corrected chi connectivity index (χ0v) is 18.0. The summed E-state index contributed by atoms with van der Waals surface area (Å²) < 4.78 is 28.6. The number of aryl methyl sites for hydroxylation is 1. The lowest BCUT2D eigenvalue weighted by molar-refractivity contribution is -0.125. The summed E-state index contributed by atoms with van der Waals surface area (Å²) in [5.74, 6) is 0.313. The highest BCUT2D eigenvalue weighted by Crippen LogP contribution is 2.22. The fourth-order valence-corrected chi connectivity index (χ4v) is 4.90. The molecule has 156 valence electrons. The number of nitrogens with zero attached hydrogens (tertiary/aromatic N) is 1. The van der Waals surface area contributed by atoms with E-state index in [1.54, 1.807) is 30.3 Å². The largest absolute Gasteiger partial charge is 0.296 e. The molecule has 1 aliphatic heterocycles. The molecule has 5 nitrogen and oxygen atoms in total. The van der Waals surface area contributed by atoms with E-state index in [0.717, 1.165) is 24.8 Å². The van der Waals surface area contributed by atoms with Gasteiger partial charge in [-0.25, -0.2) is 8.42 Å². The number of rotatable bonds is 8. The number of carbonyl (C=O) groups is 1. The molecule has 1 atom stereocenters. The second-order valence-corrected chi connectivity index (χ2v) is 9.79. The van der Waals surface area contributed by atoms with Crippen LogP contribution in [0.25, 0.3) is 0 Å². The first kappa shape index (κ1) is 21.7. The molecular weight excluding hydrogens is 384 g/mol. The number of carbonyl (C=O) groups excluding carboxylic acids is 1. The van der Waals surface area contributed by atoms with Gasteiger partial charge in [0.25, 0.3) is 0 Å². The van der Waals surface area contributed by atoms with Gasteiger partial charge in [0.1, 0.15) is 6.17 Å². The standard InChI is InChI=1S/C23H30N2O3S/c1-18(2)14-15-22(26)23(24-29(27,28)21-12-4-3-5-13-21)25-16-8-11-19-9-6-7-10-20(19)17-25/h3-7,9-10,12-13,18,23-24H,8,11,14-17H2,1-2H3. The highest BCUT2D eigenvalue weighted by molar-refractivity contribution is 7.89. The molecule has 2 aromatic rings. The van der Waals surface area contributed by atoms with Crippen LogP contribution in [0.4, 0.5) is 0 Å². The molecule has 6 heteroatoms. The summed E-state index contributed by atoms with van der Waals surface area (Å²) in [4.78, 5) is 15.3. The number of nitrogens with one attached hydrogen (secondary N) is 1. The van der Waals surface area contributed by atoms with Crippen molar-refractivity contribution >= 4 is 15.8 Å². The highest BCUT2D eigenvalue weighted by Gasteiger charge is 2.31. The van der Waals surface area contributed by atoms with Crippen LogP contribution < -0.4 is 4.72 Å². The van der Waals surface area contributed by atoms with E-state index in [2.05, 4.69) is 30.7 Å². The van der Waals surface area contributed by atoms with Gasteiger partial charge in [-0.15, -0.1) is 0 Å². The lowest BCUT2D eigenvalue weighted by Crippen LogP contribution is -2.52. The minimum absolute atomic E-state index is 0.0717. The average Bonchev–Trinajstić information content (AvgIpc) is 2.93. The van der Waals surface area contributed by atoms with Crippen LogP contribution in [0.5, 0.6) is 0 Å². The number of Topliss-reactive ketones (excluding diaryl/α,β-unsaturated/α-hetero) is 1. The zero-order chi connectivity index (χ0) is 20.9. The van der Waals surface area contributed by atoms with Crippen molar-refractivity contribution in [2.75, 3.05) is 6.54 Å². The summed E-state index contributed by atoms with van der Waals surface area (Å²) in [5.41, 5.74) is 2.43. The van der Waals surface area contributed by atoms with Crippen LogP contribution in [0.3, 0.4) is 0 Å². The highest BCUT2D eigenvalue weighted by atomic mass is 32.2. The van der Waals surface area contributed by atoms with Gasteiger partial charge in [0, 0.05) is 19.5 Å². The Balaban J connectivity index is 1.88. The van der Waals surface area contributed by atoms with E-state index >= 15 is 0 Å². The first-order valence-electron chi connectivity index (χ1n) is 10.3. The van der Waals surface area contributed by atoms with Crippen molar-refractivity contribution < 1.29 is 13.2 Å². The third-order valence-electron chi connectivity index (χ3n) is 5.34. The average molecular weight is 415 g/mol. The molecule has 0 saturated heterocycles. The summed E-state index contributed by atoms with van der Waals surface area (Å²) in [7, 11) is -3.79. The van der Waals surface area contributed by atoms with Gasteiger partial charge in [0.15, 0.2) is 5.78 Å². The Bertz CT molecular complexity index is 926. The van der Waals surface area contributed by atoms with Crippen LogP contribution in [0, 0.1) is 5.92 Å². The molecule has 1 N–H and O–H groups in total. The molecule has 1 aliphatic rings. The van der Waals surface area contributed by atoms with Crippen molar-refractivity contribution in [3.63, 3.8) is 0 Å². The van der Waals surface area contributed by atoms with E-state index in [1.165, 1.54) is 5.56 Å². The van der Waals surface area contributed by atoms with Crippen LogP contribution in [-0.2, 0) is 27.8 Å². The van der Waals surface area contributed by atoms with Crippen molar-refractivity contribution in [2.24, 2.45) is 5.92 Å². The van der Waals surface area contributed by atoms with E-state index in [1.807, 2.05) is 17.0 Å². The molecule has 29 heavy (non-hydrogen) atoms. The summed E-state index contributed by atoms with van der Waals surface area (Å²) in [5, 5.41) is 0. The zero-order valence-electron chi connectivity index (χ0n) is 17.2. The van der Waals surface area contributed by atoms with E-state index in [-0.39, 0.29) is 10.7 Å². The topological polar surface area (TPSA) is 66.5 Å². The molecule has 0 fully saturated rings. The molecule has 0 saturated carbocycles. The molecule has 0 aliphatic carbocycles. The summed E-state index contributed by atoms with van der Waals surface area (Å²) in [6.07, 6.45) is 2.07. The van der Waals surface area contributed by atoms with Crippen LogP contribution in [0.1, 0.15) is 44.2 Å². The lowest BCUT2D eigenvalue weighted by atomic mass is 10.0. The maximum Gasteiger partial charge on any atom is 0.242 e. The molecule has 3 rings (SSSR count). The van der Waals surface area contributed by atoms with Crippen LogP contribution in [0.15, 0.2) is 59.5 Å². The van der Waals surface area contributed by atoms with Gasteiger partial charge in [-0.05, 0) is 48.4 Å². The molecule has 0 radical (unpaired) electrons. The molecule has 0 amide bonds. The van der Waals surface area contributed by atoms with Crippen LogP contribution in [-0.4, -0.2) is 31.8 Å². The first-order chi connectivity index (χ1) is 13.9. The number of hydrogen-bond donors (Lipinski definition) is 1.